The third-order valence-electron chi connectivity index (χ3n) is 3.47. The highest BCUT2D eigenvalue weighted by Gasteiger charge is 2.43. The van der Waals surface area contributed by atoms with E-state index in [4.69, 9.17) is 5.21 Å². The van der Waals surface area contributed by atoms with Gasteiger partial charge in [-0.2, -0.15) is 0 Å². The van der Waals surface area contributed by atoms with E-state index in [0.29, 0.717) is 11.1 Å². The lowest BCUT2D eigenvalue weighted by molar-refractivity contribution is -0.604. The zero-order valence-electron chi connectivity index (χ0n) is 13.3. The van der Waals surface area contributed by atoms with Crippen molar-refractivity contribution >= 4 is 5.78 Å². The predicted molar refractivity (Wildman–Crippen MR) is 76.3 cm³/mol. The maximum Gasteiger partial charge on any atom is 0.238 e. The van der Waals surface area contributed by atoms with Crippen molar-refractivity contribution in [3.8, 4) is 0 Å². The highest BCUT2D eigenvalue weighted by molar-refractivity contribution is 6.11. The molecule has 1 aliphatic rings. The molecule has 5 nitrogen and oxygen atoms in total. The maximum atomic E-state index is 12.7. The van der Waals surface area contributed by atoms with Crippen LogP contribution in [0.3, 0.4) is 0 Å². The summed E-state index contributed by atoms with van der Waals surface area (Å²) >= 11 is 0. The quantitative estimate of drug-likeness (QED) is 0.452. The van der Waals surface area contributed by atoms with E-state index in [0.717, 1.165) is 0 Å². The van der Waals surface area contributed by atoms with E-state index in [2.05, 4.69) is 5.28 Å². The van der Waals surface area contributed by atoms with Crippen LogP contribution in [0.1, 0.15) is 48.5 Å². The Balaban J connectivity index is 3.57. The number of hydroxylamine groups is 1. The van der Waals surface area contributed by atoms with Crippen molar-refractivity contribution in [3.05, 3.63) is 28.5 Å². The fourth-order valence-electron chi connectivity index (χ4n) is 2.22. The third-order valence-corrected chi connectivity index (χ3v) is 3.47. The molecule has 0 radical (unpaired) electrons. The Labute approximate surface area is 120 Å². The summed E-state index contributed by atoms with van der Waals surface area (Å²) in [5, 5.41) is 23.4. The molecule has 0 aromatic rings. The average Bonchev–Trinajstić information content (AvgIpc) is 2.28. The van der Waals surface area contributed by atoms with Crippen LogP contribution >= 0.6 is 0 Å². The summed E-state index contributed by atoms with van der Waals surface area (Å²) in [6, 6.07) is 0. The minimum Gasteiger partial charge on any atom is -0.596 e. The van der Waals surface area contributed by atoms with Crippen LogP contribution in [0, 0.1) is 16.0 Å². The van der Waals surface area contributed by atoms with Crippen molar-refractivity contribution in [2.45, 2.75) is 54.0 Å². The van der Waals surface area contributed by atoms with E-state index in [-0.39, 0.29) is 21.5 Å². The molecule has 0 amide bonds. The lowest BCUT2D eigenvalue weighted by Gasteiger charge is -2.34. The van der Waals surface area contributed by atoms with E-state index in [9.17, 15) is 10.0 Å². The summed E-state index contributed by atoms with van der Waals surface area (Å²) in [5.74, 6) is -0.0474. The van der Waals surface area contributed by atoms with Crippen LogP contribution in [-0.2, 0) is 4.79 Å². The summed E-state index contributed by atoms with van der Waals surface area (Å²) in [4.78, 5) is 12.9. The van der Waals surface area contributed by atoms with Crippen LogP contribution in [-0.4, -0.2) is 21.4 Å². The number of rotatable bonds is 1. The second-order valence-corrected chi connectivity index (χ2v) is 7.53. The molecule has 0 unspecified atom stereocenters. The van der Waals surface area contributed by atoms with Crippen LogP contribution in [0.5, 0.6) is 0 Å². The van der Waals surface area contributed by atoms with Gasteiger partial charge in [-0.25, -0.2) is 0 Å². The Bertz CT molecular complexity index is 480. The molecule has 0 fully saturated rings. The second-order valence-electron chi connectivity index (χ2n) is 7.53. The Morgan fingerprint density at radius 3 is 1.70 bits per heavy atom. The smallest absolute Gasteiger partial charge is 0.238 e. The zero-order chi connectivity index (χ0) is 15.9. The summed E-state index contributed by atoms with van der Waals surface area (Å²) in [6.07, 6.45) is 3.19. The van der Waals surface area contributed by atoms with Crippen molar-refractivity contribution in [3.63, 3.8) is 0 Å². The van der Waals surface area contributed by atoms with Gasteiger partial charge >= 0.3 is 0 Å². The van der Waals surface area contributed by atoms with E-state index in [1.807, 2.05) is 41.5 Å². The number of ketones is 1. The van der Waals surface area contributed by atoms with Crippen molar-refractivity contribution < 1.29 is 14.9 Å². The molecule has 0 aromatic heterocycles. The Morgan fingerprint density at radius 2 is 1.45 bits per heavy atom. The Hall–Kier alpha value is -1.65. The van der Waals surface area contributed by atoms with Crippen molar-refractivity contribution in [1.29, 1.82) is 0 Å². The van der Waals surface area contributed by atoms with Gasteiger partial charge in [0, 0.05) is 30.2 Å². The van der Waals surface area contributed by atoms with Gasteiger partial charge in [0.05, 0.1) is 0 Å². The first kappa shape index (κ1) is 16.4. The molecule has 1 N–H and O–H groups in total. The molecule has 20 heavy (non-hydrogen) atoms. The van der Waals surface area contributed by atoms with Crippen molar-refractivity contribution in [2.75, 3.05) is 0 Å². The number of Topliss-reactive ketones (excluding diaryl/α,β-unsaturated/α-hetero) is 1. The lowest BCUT2D eigenvalue weighted by Crippen LogP contribution is -2.40. The SMILES string of the molecule is CC(C)(C)C1=CC(C)(/[N+]([O-])=N/O)C=C(C(C)(C)C)C1=O. The van der Waals surface area contributed by atoms with Crippen LogP contribution < -0.4 is 0 Å². The highest BCUT2D eigenvalue weighted by atomic mass is 16.6. The van der Waals surface area contributed by atoms with Crippen molar-refractivity contribution in [1.82, 2.24) is 0 Å². The van der Waals surface area contributed by atoms with Crippen molar-refractivity contribution in [2.24, 2.45) is 16.1 Å². The van der Waals surface area contributed by atoms with Gasteiger partial charge in [0.1, 0.15) is 0 Å². The molecule has 0 aliphatic heterocycles. The monoisotopic (exact) mass is 280 g/mol. The number of carbonyl (C=O) groups is 1. The van der Waals surface area contributed by atoms with E-state index in [1.54, 1.807) is 19.1 Å². The normalized spacial score (nSPS) is 20.6. The molecule has 0 bridgehead atoms. The van der Waals surface area contributed by atoms with Crippen LogP contribution in [0.15, 0.2) is 28.6 Å². The number of carbonyl (C=O) groups excluding carboxylic acids is 1. The molecule has 0 saturated carbocycles. The lowest BCUT2D eigenvalue weighted by atomic mass is 9.69. The first-order valence-corrected chi connectivity index (χ1v) is 6.67. The Kier molecular flexibility index (Phi) is 3.87. The summed E-state index contributed by atoms with van der Waals surface area (Å²) in [6.45, 7) is 13.2. The fourth-order valence-corrected chi connectivity index (χ4v) is 2.22. The molecule has 0 aromatic carbocycles. The van der Waals surface area contributed by atoms with Gasteiger partial charge in [-0.05, 0) is 15.7 Å². The number of allylic oxidation sites excluding steroid dienone is 2. The largest absolute Gasteiger partial charge is 0.596 e. The molecule has 0 heterocycles. The van der Waals surface area contributed by atoms with Gasteiger partial charge in [-0.15, -0.1) is 0 Å². The zero-order valence-corrected chi connectivity index (χ0v) is 13.3. The molecule has 112 valence electrons. The maximum absolute atomic E-state index is 12.7. The highest BCUT2D eigenvalue weighted by Crippen LogP contribution is 2.40. The average molecular weight is 280 g/mol. The molecule has 0 spiro atoms. The molecule has 0 saturated heterocycles. The van der Waals surface area contributed by atoms with E-state index >= 15 is 0 Å². The van der Waals surface area contributed by atoms with E-state index < -0.39 is 5.54 Å². The second kappa shape index (κ2) is 4.72. The first-order chi connectivity index (χ1) is 8.83. The Morgan fingerprint density at radius 1 is 1.10 bits per heavy atom. The van der Waals surface area contributed by atoms with Gasteiger partial charge in [-0.1, -0.05) is 41.5 Å². The molecule has 1 aliphatic carbocycles. The van der Waals surface area contributed by atoms with E-state index in [1.165, 1.54) is 0 Å². The topological polar surface area (TPSA) is 75.7 Å². The molecule has 0 atom stereocenters. The van der Waals surface area contributed by atoms with Crippen LogP contribution in [0.2, 0.25) is 0 Å². The van der Waals surface area contributed by atoms with Gasteiger partial charge in [-0.3, -0.25) is 4.79 Å². The van der Waals surface area contributed by atoms with Gasteiger partial charge in [0.25, 0.3) is 0 Å². The fraction of sp³-hybridized carbons (Fsp3) is 0.667. The molecular formula is C15H24N2O3. The van der Waals surface area contributed by atoms with Crippen LogP contribution in [0.4, 0.5) is 0 Å². The summed E-state index contributed by atoms with van der Waals surface area (Å²) < 4.78 is 0. The summed E-state index contributed by atoms with van der Waals surface area (Å²) in [7, 11) is 0. The third kappa shape index (κ3) is 2.92. The number of hydrogen-bond donors (Lipinski definition) is 1. The minimum atomic E-state index is -1.16. The van der Waals surface area contributed by atoms with Crippen LogP contribution in [0.25, 0.3) is 0 Å². The number of nitrogens with zero attached hydrogens (tertiary/aromatic N) is 2. The van der Waals surface area contributed by atoms with Gasteiger partial charge in [0.2, 0.25) is 5.54 Å². The number of hydrogen-bond acceptors (Lipinski definition) is 3. The molecule has 5 heteroatoms. The minimum absolute atomic E-state index is 0.0474. The first-order valence-electron chi connectivity index (χ1n) is 6.67. The molecule has 1 rings (SSSR count). The van der Waals surface area contributed by atoms with Gasteiger partial charge < -0.3 is 10.4 Å². The predicted octanol–water partition coefficient (Wildman–Crippen LogP) is 3.62. The standard InChI is InChI=1S/C15H24N2O3/c1-13(2,3)10-8-15(7,17(20)16-19)9-11(12(10)18)14(4,5)6/h8-9,19H,1-7H3/b17-16-. The summed E-state index contributed by atoms with van der Waals surface area (Å²) in [5.41, 5.74) is -0.805. The van der Waals surface area contributed by atoms with Gasteiger partial charge in [0.15, 0.2) is 11.1 Å². The molecular weight excluding hydrogens is 256 g/mol.